The van der Waals surface area contributed by atoms with E-state index in [0.29, 0.717) is 12.1 Å². The van der Waals surface area contributed by atoms with E-state index >= 15 is 0 Å². The van der Waals surface area contributed by atoms with Gasteiger partial charge < -0.3 is 4.74 Å². The maximum Gasteiger partial charge on any atom is 0.185 e. The Labute approximate surface area is 153 Å². The van der Waals surface area contributed by atoms with Crippen LogP contribution in [0, 0.1) is 13.8 Å². The Morgan fingerprint density at radius 2 is 1.88 bits per heavy atom. The van der Waals surface area contributed by atoms with Gasteiger partial charge in [-0.15, -0.1) is 0 Å². The number of carbonyl (C=O) groups is 1. The smallest absolute Gasteiger partial charge is 0.185 e. The molecule has 132 valence electrons. The molecule has 4 nitrogen and oxygen atoms in total. The number of hydrogen-bond acceptors (Lipinski definition) is 3. The Morgan fingerprint density at radius 1 is 1.08 bits per heavy atom. The number of ether oxygens (including phenoxy) is 1. The van der Waals surface area contributed by atoms with Crippen LogP contribution in [0.2, 0.25) is 0 Å². The molecule has 1 fully saturated rings. The molecule has 1 aromatic heterocycles. The van der Waals surface area contributed by atoms with E-state index in [1.165, 1.54) is 16.7 Å². The number of carbonyl (C=O) groups excluding carboxylic acids is 1. The standard InChI is InChI=1S/C22H22N2O2/c1-14-6-4-5-7-18(14)22-21(26-22)17-9-8-16(15(2)12-17)13-20(25)19-10-11-23-24(19)3/h4-12,21-22H,13H2,1-3H3. The third kappa shape index (κ3) is 3.08. The lowest BCUT2D eigenvalue weighted by Gasteiger charge is -2.08. The zero-order valence-corrected chi connectivity index (χ0v) is 15.3. The fourth-order valence-electron chi connectivity index (χ4n) is 3.51. The van der Waals surface area contributed by atoms with Crippen molar-refractivity contribution in [3.8, 4) is 0 Å². The molecule has 0 N–H and O–H groups in total. The summed E-state index contributed by atoms with van der Waals surface area (Å²) in [6.45, 7) is 4.17. The van der Waals surface area contributed by atoms with Crippen molar-refractivity contribution in [2.45, 2.75) is 32.5 Å². The Hall–Kier alpha value is -2.72. The molecule has 0 radical (unpaired) electrons. The highest BCUT2D eigenvalue weighted by Gasteiger charge is 2.42. The third-order valence-electron chi connectivity index (χ3n) is 5.14. The molecule has 0 saturated carbocycles. The predicted molar refractivity (Wildman–Crippen MR) is 100 cm³/mol. The average Bonchev–Trinajstić information content (AvgIpc) is 3.30. The van der Waals surface area contributed by atoms with Gasteiger partial charge in [-0.05, 0) is 47.7 Å². The van der Waals surface area contributed by atoms with E-state index in [2.05, 4.69) is 61.4 Å². The number of hydrogen-bond donors (Lipinski definition) is 0. The second kappa shape index (κ2) is 6.54. The highest BCUT2D eigenvalue weighted by molar-refractivity contribution is 5.96. The number of nitrogens with zero attached hydrogens (tertiary/aromatic N) is 2. The number of epoxide rings is 1. The number of rotatable bonds is 5. The van der Waals surface area contributed by atoms with Gasteiger partial charge in [0.15, 0.2) is 5.78 Å². The largest absolute Gasteiger partial charge is 0.359 e. The highest BCUT2D eigenvalue weighted by Crippen LogP contribution is 2.51. The fourth-order valence-corrected chi connectivity index (χ4v) is 3.51. The van der Waals surface area contributed by atoms with Crippen molar-refractivity contribution < 1.29 is 9.53 Å². The monoisotopic (exact) mass is 346 g/mol. The summed E-state index contributed by atoms with van der Waals surface area (Å²) in [6, 6.07) is 16.4. The van der Waals surface area contributed by atoms with Gasteiger partial charge in [0, 0.05) is 19.7 Å². The molecule has 1 aliphatic rings. The maximum atomic E-state index is 12.5. The molecule has 4 heteroatoms. The van der Waals surface area contributed by atoms with Crippen molar-refractivity contribution in [1.82, 2.24) is 9.78 Å². The zero-order valence-electron chi connectivity index (χ0n) is 15.3. The Balaban J connectivity index is 1.50. The van der Waals surface area contributed by atoms with Gasteiger partial charge in [0.2, 0.25) is 0 Å². The summed E-state index contributed by atoms with van der Waals surface area (Å²) in [5.74, 6) is 0.0845. The van der Waals surface area contributed by atoms with Gasteiger partial charge >= 0.3 is 0 Å². The highest BCUT2D eigenvalue weighted by atomic mass is 16.6. The van der Waals surface area contributed by atoms with E-state index in [1.54, 1.807) is 24.0 Å². The molecule has 1 saturated heterocycles. The van der Waals surface area contributed by atoms with Gasteiger partial charge in [-0.2, -0.15) is 5.10 Å². The first-order valence-corrected chi connectivity index (χ1v) is 8.86. The second-order valence-electron chi connectivity index (χ2n) is 6.96. The lowest BCUT2D eigenvalue weighted by atomic mass is 9.96. The number of Topliss-reactive ketones (excluding diaryl/α,β-unsaturated/α-hetero) is 1. The molecule has 2 aromatic carbocycles. The summed E-state index contributed by atoms with van der Waals surface area (Å²) >= 11 is 0. The minimum absolute atomic E-state index is 0.0845. The van der Waals surface area contributed by atoms with Gasteiger partial charge in [-0.25, -0.2) is 0 Å². The van der Waals surface area contributed by atoms with Gasteiger partial charge in [-0.1, -0.05) is 42.5 Å². The molecular weight excluding hydrogens is 324 g/mol. The quantitative estimate of drug-likeness (QED) is 0.512. The summed E-state index contributed by atoms with van der Waals surface area (Å²) in [5, 5.41) is 4.07. The van der Waals surface area contributed by atoms with Crippen LogP contribution in [-0.2, 0) is 18.2 Å². The van der Waals surface area contributed by atoms with Gasteiger partial charge in [0.1, 0.15) is 17.9 Å². The van der Waals surface area contributed by atoms with E-state index in [0.717, 1.165) is 11.1 Å². The van der Waals surface area contributed by atoms with Gasteiger partial charge in [-0.3, -0.25) is 9.48 Å². The maximum absolute atomic E-state index is 12.5. The van der Waals surface area contributed by atoms with Gasteiger partial charge in [0.25, 0.3) is 0 Å². The number of ketones is 1. The minimum Gasteiger partial charge on any atom is -0.359 e. The van der Waals surface area contributed by atoms with Crippen LogP contribution in [0.3, 0.4) is 0 Å². The normalized spacial score (nSPS) is 18.7. The SMILES string of the molecule is Cc1cc(C2OC2c2ccccc2C)ccc1CC(=O)c1ccnn1C. The lowest BCUT2D eigenvalue weighted by Crippen LogP contribution is -2.10. The van der Waals surface area contributed by atoms with E-state index in [4.69, 9.17) is 4.74 Å². The van der Waals surface area contributed by atoms with Crippen LogP contribution in [0.1, 0.15) is 50.5 Å². The van der Waals surface area contributed by atoms with E-state index in [-0.39, 0.29) is 18.0 Å². The molecule has 0 spiro atoms. The summed E-state index contributed by atoms with van der Waals surface area (Å²) < 4.78 is 7.56. The first kappa shape index (κ1) is 16.7. The van der Waals surface area contributed by atoms with Crippen LogP contribution >= 0.6 is 0 Å². The molecule has 4 rings (SSSR count). The molecule has 2 unspecified atom stereocenters. The molecular formula is C22H22N2O2. The minimum atomic E-state index is 0.0845. The van der Waals surface area contributed by atoms with Crippen molar-refractivity contribution >= 4 is 5.78 Å². The zero-order chi connectivity index (χ0) is 18.3. The van der Waals surface area contributed by atoms with Crippen LogP contribution in [0.15, 0.2) is 54.7 Å². The van der Waals surface area contributed by atoms with Crippen molar-refractivity contribution in [2.75, 3.05) is 0 Å². The molecule has 0 aliphatic carbocycles. The number of aromatic nitrogens is 2. The van der Waals surface area contributed by atoms with Crippen LogP contribution in [-0.4, -0.2) is 15.6 Å². The molecule has 2 atom stereocenters. The summed E-state index contributed by atoms with van der Waals surface area (Å²) in [5.41, 5.74) is 6.50. The van der Waals surface area contributed by atoms with Crippen molar-refractivity contribution in [1.29, 1.82) is 0 Å². The summed E-state index contributed by atoms with van der Waals surface area (Å²) in [6.07, 6.45) is 2.28. The van der Waals surface area contributed by atoms with E-state index < -0.39 is 0 Å². The third-order valence-corrected chi connectivity index (χ3v) is 5.14. The predicted octanol–water partition coefficient (Wildman–Crippen LogP) is 4.27. The Bertz CT molecular complexity index is 974. The number of aryl methyl sites for hydroxylation is 3. The molecule has 26 heavy (non-hydrogen) atoms. The second-order valence-corrected chi connectivity index (χ2v) is 6.96. The molecule has 1 aliphatic heterocycles. The van der Waals surface area contributed by atoms with E-state index in [9.17, 15) is 4.79 Å². The van der Waals surface area contributed by atoms with Crippen LogP contribution < -0.4 is 0 Å². The van der Waals surface area contributed by atoms with E-state index in [1.807, 2.05) is 0 Å². The summed E-state index contributed by atoms with van der Waals surface area (Å²) in [7, 11) is 1.79. The van der Waals surface area contributed by atoms with Crippen molar-refractivity contribution in [3.63, 3.8) is 0 Å². The first-order chi connectivity index (χ1) is 12.5. The topological polar surface area (TPSA) is 47.4 Å². The number of benzene rings is 2. The van der Waals surface area contributed by atoms with Gasteiger partial charge in [0.05, 0.1) is 0 Å². The fraction of sp³-hybridized carbons (Fsp3) is 0.273. The van der Waals surface area contributed by atoms with Crippen LogP contribution in [0.5, 0.6) is 0 Å². The Kier molecular flexibility index (Phi) is 4.21. The Morgan fingerprint density at radius 3 is 2.58 bits per heavy atom. The van der Waals surface area contributed by atoms with Crippen molar-refractivity contribution in [3.05, 3.63) is 88.2 Å². The first-order valence-electron chi connectivity index (χ1n) is 8.86. The molecule has 2 heterocycles. The summed E-state index contributed by atoms with van der Waals surface area (Å²) in [4.78, 5) is 12.5. The van der Waals surface area contributed by atoms with Crippen molar-refractivity contribution in [2.24, 2.45) is 7.05 Å². The molecule has 0 bridgehead atoms. The lowest BCUT2D eigenvalue weighted by molar-refractivity contribution is 0.0984. The van der Waals surface area contributed by atoms with Crippen LogP contribution in [0.25, 0.3) is 0 Å². The van der Waals surface area contributed by atoms with Crippen LogP contribution in [0.4, 0.5) is 0 Å². The molecule has 3 aromatic rings. The molecule has 0 amide bonds. The average molecular weight is 346 g/mol.